The van der Waals surface area contributed by atoms with Crippen LogP contribution in [0.3, 0.4) is 0 Å². The zero-order valence-corrected chi connectivity index (χ0v) is 25.3. The van der Waals surface area contributed by atoms with Crippen molar-refractivity contribution in [2.75, 3.05) is 40.5 Å². The molecule has 0 bridgehead atoms. The molecule has 3 heterocycles. The largest absolute Gasteiger partial charge is 0.465 e. The van der Waals surface area contributed by atoms with Gasteiger partial charge in [0.2, 0.25) is 0 Å². The number of rotatable bonds is 9. The maximum Gasteiger partial charge on any atom is 0.338 e. The van der Waals surface area contributed by atoms with E-state index in [9.17, 15) is 14.7 Å². The van der Waals surface area contributed by atoms with E-state index in [1.165, 1.54) is 7.11 Å². The smallest absolute Gasteiger partial charge is 0.338 e. The number of ether oxygens (including phenoxy) is 2. The van der Waals surface area contributed by atoms with Gasteiger partial charge < -0.3 is 29.4 Å². The third-order valence-electron chi connectivity index (χ3n) is 9.11. The van der Waals surface area contributed by atoms with Gasteiger partial charge in [0.1, 0.15) is 5.60 Å². The molecule has 2 aliphatic rings. The first-order valence-corrected chi connectivity index (χ1v) is 15.3. The van der Waals surface area contributed by atoms with Gasteiger partial charge in [0.15, 0.2) is 5.69 Å². The average Bonchev–Trinajstić information content (AvgIpc) is 3.68. The Morgan fingerprint density at radius 1 is 1.11 bits per heavy atom. The van der Waals surface area contributed by atoms with E-state index in [0.29, 0.717) is 50.3 Å². The van der Waals surface area contributed by atoms with Gasteiger partial charge in [-0.2, -0.15) is 5.10 Å². The summed E-state index contributed by atoms with van der Waals surface area (Å²) >= 11 is 0. The number of hydrogen-bond acceptors (Lipinski definition) is 8. The Kier molecular flexibility index (Phi) is 8.79. The van der Waals surface area contributed by atoms with Crippen LogP contribution >= 0.6 is 0 Å². The molecular formula is C33H40N6O5. The fourth-order valence-electron chi connectivity index (χ4n) is 6.92. The number of nitrogens with zero attached hydrogens (tertiary/aromatic N) is 5. The SMILES string of the molecule is COC[C@]1(O)CCCC[C@H]1n1cnc(C(=O)N2CCNC[C@H]2CCn2ncc3c(C(=O)OC)cccc32)c1-c1ccccc1. The van der Waals surface area contributed by atoms with Crippen LogP contribution in [0.5, 0.6) is 0 Å². The van der Waals surface area contributed by atoms with Gasteiger partial charge in [0, 0.05) is 50.3 Å². The Morgan fingerprint density at radius 3 is 2.75 bits per heavy atom. The Labute approximate surface area is 256 Å². The van der Waals surface area contributed by atoms with Crippen molar-refractivity contribution >= 4 is 22.8 Å². The summed E-state index contributed by atoms with van der Waals surface area (Å²) in [6.45, 7) is 2.67. The summed E-state index contributed by atoms with van der Waals surface area (Å²) in [6, 6.07) is 15.0. The van der Waals surface area contributed by atoms with Crippen molar-refractivity contribution in [3.63, 3.8) is 0 Å². The van der Waals surface area contributed by atoms with Crippen LogP contribution < -0.4 is 5.32 Å². The van der Waals surface area contributed by atoms with Crippen LogP contribution in [0, 0.1) is 0 Å². The van der Waals surface area contributed by atoms with E-state index in [-0.39, 0.29) is 24.6 Å². The van der Waals surface area contributed by atoms with Crippen LogP contribution in [0.4, 0.5) is 0 Å². The maximum absolute atomic E-state index is 14.4. The lowest BCUT2D eigenvalue weighted by atomic mass is 9.80. The minimum atomic E-state index is -1.05. The molecular weight excluding hydrogens is 560 g/mol. The van der Waals surface area contributed by atoms with Crippen LogP contribution in [-0.4, -0.2) is 93.3 Å². The molecule has 2 fully saturated rings. The molecule has 1 saturated carbocycles. The Hall–Kier alpha value is -4.06. The molecule has 11 nitrogen and oxygen atoms in total. The molecule has 2 aromatic carbocycles. The number of aryl methyl sites for hydroxylation is 1. The zero-order chi connectivity index (χ0) is 30.7. The third-order valence-corrected chi connectivity index (χ3v) is 9.11. The molecule has 1 aliphatic carbocycles. The van der Waals surface area contributed by atoms with Crippen LogP contribution in [0.2, 0.25) is 0 Å². The summed E-state index contributed by atoms with van der Waals surface area (Å²) in [5.74, 6) is -0.524. The fraction of sp³-hybridized carbons (Fsp3) is 0.455. The van der Waals surface area contributed by atoms with Crippen molar-refractivity contribution in [3.8, 4) is 11.3 Å². The molecule has 1 amide bonds. The third kappa shape index (κ3) is 5.62. The molecule has 44 heavy (non-hydrogen) atoms. The van der Waals surface area contributed by atoms with E-state index in [0.717, 1.165) is 41.4 Å². The summed E-state index contributed by atoms with van der Waals surface area (Å²) in [5, 5.41) is 20.4. The van der Waals surface area contributed by atoms with E-state index in [1.807, 2.05) is 56.6 Å². The molecule has 2 aromatic heterocycles. The summed E-state index contributed by atoms with van der Waals surface area (Å²) in [4.78, 5) is 33.3. The molecule has 4 aromatic rings. The molecule has 0 spiro atoms. The maximum atomic E-state index is 14.4. The highest BCUT2D eigenvalue weighted by Gasteiger charge is 2.42. The second kappa shape index (κ2) is 12.9. The lowest BCUT2D eigenvalue weighted by Gasteiger charge is -2.41. The average molecular weight is 601 g/mol. The number of aromatic nitrogens is 4. The van der Waals surface area contributed by atoms with Crippen molar-refractivity contribution in [1.82, 2.24) is 29.5 Å². The predicted octanol–water partition coefficient (Wildman–Crippen LogP) is 3.68. The van der Waals surface area contributed by atoms with Crippen LogP contribution in [-0.2, 0) is 16.0 Å². The molecule has 6 rings (SSSR count). The van der Waals surface area contributed by atoms with Gasteiger partial charge in [-0.1, -0.05) is 49.2 Å². The number of piperazine rings is 1. The van der Waals surface area contributed by atoms with Gasteiger partial charge in [-0.25, -0.2) is 9.78 Å². The van der Waals surface area contributed by atoms with Gasteiger partial charge >= 0.3 is 5.97 Å². The van der Waals surface area contributed by atoms with Crippen LogP contribution in [0.25, 0.3) is 22.2 Å². The van der Waals surface area contributed by atoms with Gasteiger partial charge in [-0.3, -0.25) is 9.48 Å². The number of methoxy groups -OCH3 is 2. The minimum Gasteiger partial charge on any atom is -0.465 e. The van der Waals surface area contributed by atoms with Gasteiger partial charge in [-0.15, -0.1) is 0 Å². The highest BCUT2D eigenvalue weighted by atomic mass is 16.5. The van der Waals surface area contributed by atoms with Gasteiger partial charge in [0.05, 0.1) is 49.1 Å². The number of fused-ring (bicyclic) bond motifs is 1. The Balaban J connectivity index is 1.30. The highest BCUT2D eigenvalue weighted by molar-refractivity contribution is 6.03. The van der Waals surface area contributed by atoms with Crippen molar-refractivity contribution in [3.05, 3.63) is 72.3 Å². The molecule has 1 aliphatic heterocycles. The topological polar surface area (TPSA) is 124 Å². The van der Waals surface area contributed by atoms with Crippen molar-refractivity contribution in [2.24, 2.45) is 0 Å². The van der Waals surface area contributed by atoms with Gasteiger partial charge in [0.25, 0.3) is 5.91 Å². The lowest BCUT2D eigenvalue weighted by molar-refractivity contribution is -0.0893. The molecule has 0 radical (unpaired) electrons. The Morgan fingerprint density at radius 2 is 1.95 bits per heavy atom. The summed E-state index contributed by atoms with van der Waals surface area (Å²) in [6.07, 6.45) is 7.39. The molecule has 3 atom stereocenters. The standard InChI is InChI=1S/C33H40N6O5/c1-43-21-33(42)15-7-6-13-28(33)38-22-35-29(30(38)23-9-4-3-5-10-23)31(40)37-18-16-34-19-24(37)14-17-39-27-12-8-11-25(32(41)44-2)26(27)20-36-39/h3-5,8-12,20,22,24,28,34,42H,6-7,13-19,21H2,1-2H3/t24-,28-,33-/m1/s1. The number of aliphatic hydroxyl groups is 1. The van der Waals surface area contributed by atoms with E-state index in [2.05, 4.69) is 10.4 Å². The second-order valence-corrected chi connectivity index (χ2v) is 11.8. The van der Waals surface area contributed by atoms with E-state index < -0.39 is 11.6 Å². The number of carbonyl (C=O) groups excluding carboxylic acids is 2. The summed E-state index contributed by atoms with van der Waals surface area (Å²) in [5.41, 5.74) is 2.27. The van der Waals surface area contributed by atoms with Crippen molar-refractivity contribution in [2.45, 2.75) is 56.3 Å². The summed E-state index contributed by atoms with van der Waals surface area (Å²) < 4.78 is 14.3. The second-order valence-electron chi connectivity index (χ2n) is 11.8. The molecule has 1 saturated heterocycles. The number of imidazole rings is 1. The number of carbonyl (C=O) groups is 2. The van der Waals surface area contributed by atoms with Crippen molar-refractivity contribution < 1.29 is 24.2 Å². The van der Waals surface area contributed by atoms with E-state index in [1.54, 1.807) is 25.7 Å². The Bertz CT molecular complexity index is 1610. The summed E-state index contributed by atoms with van der Waals surface area (Å²) in [7, 11) is 2.98. The van der Waals surface area contributed by atoms with E-state index >= 15 is 0 Å². The number of hydrogen-bond donors (Lipinski definition) is 2. The van der Waals surface area contributed by atoms with Crippen molar-refractivity contribution in [1.29, 1.82) is 0 Å². The fourth-order valence-corrected chi connectivity index (χ4v) is 6.92. The lowest BCUT2D eigenvalue weighted by Crippen LogP contribution is -2.54. The number of amides is 1. The number of benzene rings is 2. The normalized spacial score (nSPS) is 22.3. The first kappa shape index (κ1) is 30.0. The van der Waals surface area contributed by atoms with Gasteiger partial charge in [-0.05, 0) is 31.4 Å². The van der Waals surface area contributed by atoms with E-state index in [4.69, 9.17) is 14.5 Å². The van der Waals surface area contributed by atoms with Crippen LogP contribution in [0.15, 0.2) is 61.1 Å². The quantitative estimate of drug-likeness (QED) is 0.279. The zero-order valence-electron chi connectivity index (χ0n) is 25.3. The monoisotopic (exact) mass is 600 g/mol. The minimum absolute atomic E-state index is 0.0897. The number of esters is 1. The first-order chi connectivity index (χ1) is 21.4. The predicted molar refractivity (Wildman–Crippen MR) is 165 cm³/mol. The van der Waals surface area contributed by atoms with Crippen LogP contribution in [0.1, 0.15) is 59.0 Å². The molecule has 232 valence electrons. The highest BCUT2D eigenvalue weighted by Crippen LogP contribution is 2.41. The number of nitrogens with one attached hydrogen (secondary N) is 1. The molecule has 11 heteroatoms. The molecule has 2 N–H and O–H groups in total. The first-order valence-electron chi connectivity index (χ1n) is 15.3. The molecule has 0 unspecified atom stereocenters.